The lowest BCUT2D eigenvalue weighted by molar-refractivity contribution is -0.117. The van der Waals surface area contributed by atoms with Gasteiger partial charge in [0.2, 0.25) is 5.91 Å². The number of rotatable bonds is 5. The van der Waals surface area contributed by atoms with Gasteiger partial charge < -0.3 is 15.0 Å². The first-order valence-corrected chi connectivity index (χ1v) is 8.79. The first-order valence-electron chi connectivity index (χ1n) is 8.41. The summed E-state index contributed by atoms with van der Waals surface area (Å²) in [4.78, 5) is 16.6. The fourth-order valence-electron chi connectivity index (χ4n) is 2.95. The van der Waals surface area contributed by atoms with E-state index in [2.05, 4.69) is 21.2 Å². The van der Waals surface area contributed by atoms with Crippen LogP contribution in [0, 0.1) is 5.82 Å². The third-order valence-electron chi connectivity index (χ3n) is 4.36. The number of ether oxygens (including phenoxy) is 1. The molecule has 138 valence electrons. The van der Waals surface area contributed by atoms with Gasteiger partial charge >= 0.3 is 0 Å². The number of anilines is 2. The minimum atomic E-state index is -0.502. The second-order valence-corrected chi connectivity index (χ2v) is 6.55. The summed E-state index contributed by atoms with van der Waals surface area (Å²) in [5, 5.41) is 2.75. The van der Waals surface area contributed by atoms with E-state index in [1.165, 1.54) is 18.2 Å². The van der Waals surface area contributed by atoms with Crippen LogP contribution >= 0.6 is 11.6 Å². The van der Waals surface area contributed by atoms with Crippen molar-refractivity contribution in [2.45, 2.75) is 0 Å². The van der Waals surface area contributed by atoms with E-state index in [9.17, 15) is 9.18 Å². The highest BCUT2D eigenvalue weighted by Gasteiger charge is 2.19. The van der Waals surface area contributed by atoms with Gasteiger partial charge in [0, 0.05) is 43.6 Å². The smallest absolute Gasteiger partial charge is 0.238 e. The fourth-order valence-corrected chi connectivity index (χ4v) is 3.13. The summed E-state index contributed by atoms with van der Waals surface area (Å²) in [5.74, 6) is 0.197. The third-order valence-corrected chi connectivity index (χ3v) is 4.65. The molecule has 0 spiro atoms. The van der Waals surface area contributed by atoms with Gasteiger partial charge in [-0.1, -0.05) is 17.7 Å². The predicted octanol–water partition coefficient (Wildman–Crippen LogP) is 3.25. The average molecular weight is 378 g/mol. The van der Waals surface area contributed by atoms with Gasteiger partial charge in [-0.05, 0) is 30.3 Å². The molecule has 1 aliphatic rings. The molecule has 0 aromatic heterocycles. The van der Waals surface area contributed by atoms with E-state index in [4.69, 9.17) is 16.3 Å². The maximum absolute atomic E-state index is 13.2. The van der Waals surface area contributed by atoms with Gasteiger partial charge in [-0.15, -0.1) is 0 Å². The molecule has 2 aromatic carbocycles. The van der Waals surface area contributed by atoms with E-state index in [0.717, 1.165) is 37.6 Å². The molecule has 0 atom stereocenters. The second kappa shape index (κ2) is 8.38. The number of carbonyl (C=O) groups excluding carboxylic acids is 1. The molecule has 7 heteroatoms. The van der Waals surface area contributed by atoms with Crippen molar-refractivity contribution < 1.29 is 13.9 Å². The Morgan fingerprint density at radius 3 is 2.65 bits per heavy atom. The second-order valence-electron chi connectivity index (χ2n) is 6.14. The molecule has 1 fully saturated rings. The van der Waals surface area contributed by atoms with Crippen LogP contribution in [0.15, 0.2) is 42.5 Å². The number of nitrogens with zero attached hydrogens (tertiary/aromatic N) is 2. The molecule has 3 rings (SSSR count). The zero-order chi connectivity index (χ0) is 18.5. The van der Waals surface area contributed by atoms with E-state index >= 15 is 0 Å². The number of hydrogen-bond acceptors (Lipinski definition) is 4. The van der Waals surface area contributed by atoms with Gasteiger partial charge in [0.05, 0.1) is 18.7 Å². The van der Waals surface area contributed by atoms with Crippen molar-refractivity contribution in [2.75, 3.05) is 50.1 Å². The molecule has 26 heavy (non-hydrogen) atoms. The SMILES string of the molecule is COc1cccc(N2CCN(CC(=O)Nc3ccc(F)c(Cl)c3)CC2)c1. The van der Waals surface area contributed by atoms with E-state index in [-0.39, 0.29) is 10.9 Å². The third kappa shape index (κ3) is 4.65. The van der Waals surface area contributed by atoms with Crippen molar-refractivity contribution in [1.29, 1.82) is 0 Å². The first-order chi connectivity index (χ1) is 12.5. The highest BCUT2D eigenvalue weighted by molar-refractivity contribution is 6.31. The van der Waals surface area contributed by atoms with Crippen molar-refractivity contribution in [1.82, 2.24) is 4.90 Å². The molecule has 0 unspecified atom stereocenters. The first kappa shape index (κ1) is 18.5. The summed E-state index contributed by atoms with van der Waals surface area (Å²) < 4.78 is 18.4. The van der Waals surface area contributed by atoms with Gasteiger partial charge in [-0.2, -0.15) is 0 Å². The Kier molecular flexibility index (Phi) is 5.96. The maximum Gasteiger partial charge on any atom is 0.238 e. The summed E-state index contributed by atoms with van der Waals surface area (Å²) in [6.45, 7) is 3.54. The lowest BCUT2D eigenvalue weighted by atomic mass is 10.2. The number of nitrogens with one attached hydrogen (secondary N) is 1. The molecule has 0 saturated carbocycles. The summed E-state index contributed by atoms with van der Waals surface area (Å²) in [7, 11) is 1.66. The maximum atomic E-state index is 13.2. The Balaban J connectivity index is 1.50. The number of methoxy groups -OCH3 is 1. The number of benzene rings is 2. The normalized spacial score (nSPS) is 15.0. The molecular weight excluding hydrogens is 357 g/mol. The van der Waals surface area contributed by atoms with Crippen molar-refractivity contribution in [3.05, 3.63) is 53.3 Å². The highest BCUT2D eigenvalue weighted by Crippen LogP contribution is 2.22. The van der Waals surface area contributed by atoms with Gasteiger partial charge in [0.25, 0.3) is 0 Å². The van der Waals surface area contributed by atoms with E-state index in [1.807, 2.05) is 18.2 Å². The molecule has 0 radical (unpaired) electrons. The summed E-state index contributed by atoms with van der Waals surface area (Å²) in [5.41, 5.74) is 1.62. The van der Waals surface area contributed by atoms with Crippen molar-refractivity contribution >= 4 is 28.9 Å². The summed E-state index contributed by atoms with van der Waals surface area (Å²) in [6.07, 6.45) is 0. The number of hydrogen-bond donors (Lipinski definition) is 1. The number of amides is 1. The Hall–Kier alpha value is -2.31. The van der Waals surface area contributed by atoms with Crippen LogP contribution in [0.25, 0.3) is 0 Å². The van der Waals surface area contributed by atoms with Crippen LogP contribution in [0.2, 0.25) is 5.02 Å². The molecule has 1 aliphatic heterocycles. The quantitative estimate of drug-likeness (QED) is 0.868. The standard InChI is InChI=1S/C19H21ClFN3O2/c1-26-16-4-2-3-15(12-16)24-9-7-23(8-10-24)13-19(25)22-14-5-6-18(21)17(20)11-14/h2-6,11-12H,7-10,13H2,1H3,(H,22,25). The minimum Gasteiger partial charge on any atom is -0.497 e. The molecule has 0 aliphatic carbocycles. The van der Waals surface area contributed by atoms with Gasteiger partial charge in [-0.3, -0.25) is 9.69 Å². The molecule has 1 N–H and O–H groups in total. The predicted molar refractivity (Wildman–Crippen MR) is 102 cm³/mol. The Morgan fingerprint density at radius 2 is 1.96 bits per heavy atom. The number of halogens is 2. The fraction of sp³-hybridized carbons (Fsp3) is 0.316. The minimum absolute atomic E-state index is 0.00490. The van der Waals surface area contributed by atoms with Crippen molar-refractivity contribution in [3.63, 3.8) is 0 Å². The van der Waals surface area contributed by atoms with Gasteiger partial charge in [0.1, 0.15) is 11.6 Å². The van der Waals surface area contributed by atoms with E-state index < -0.39 is 5.82 Å². The van der Waals surface area contributed by atoms with E-state index in [0.29, 0.717) is 12.2 Å². The average Bonchev–Trinajstić information content (AvgIpc) is 2.65. The largest absolute Gasteiger partial charge is 0.497 e. The van der Waals surface area contributed by atoms with Gasteiger partial charge in [0.15, 0.2) is 0 Å². The Bertz CT molecular complexity index is 779. The van der Waals surface area contributed by atoms with Crippen molar-refractivity contribution in [3.8, 4) is 5.75 Å². The topological polar surface area (TPSA) is 44.8 Å². The molecule has 1 heterocycles. The number of piperazine rings is 1. The lowest BCUT2D eigenvalue weighted by Crippen LogP contribution is -2.48. The van der Waals surface area contributed by atoms with Crippen molar-refractivity contribution in [2.24, 2.45) is 0 Å². The molecule has 5 nitrogen and oxygen atoms in total. The summed E-state index contributed by atoms with van der Waals surface area (Å²) >= 11 is 5.73. The Labute approximate surface area is 157 Å². The molecular formula is C19H21ClFN3O2. The van der Waals surface area contributed by atoms with Crippen LogP contribution in [0.5, 0.6) is 5.75 Å². The van der Waals surface area contributed by atoms with Crippen LogP contribution in [0.1, 0.15) is 0 Å². The lowest BCUT2D eigenvalue weighted by Gasteiger charge is -2.35. The van der Waals surface area contributed by atoms with Crippen LogP contribution in [0.4, 0.5) is 15.8 Å². The summed E-state index contributed by atoms with van der Waals surface area (Å²) in [6, 6.07) is 12.1. The monoisotopic (exact) mass is 377 g/mol. The Morgan fingerprint density at radius 1 is 1.19 bits per heavy atom. The zero-order valence-corrected chi connectivity index (χ0v) is 15.3. The molecule has 1 amide bonds. The van der Waals surface area contributed by atoms with E-state index in [1.54, 1.807) is 7.11 Å². The molecule has 2 aromatic rings. The van der Waals surface area contributed by atoms with Crippen LogP contribution < -0.4 is 15.0 Å². The highest BCUT2D eigenvalue weighted by atomic mass is 35.5. The zero-order valence-electron chi connectivity index (χ0n) is 14.5. The molecule has 0 bridgehead atoms. The van der Waals surface area contributed by atoms with Crippen LogP contribution in [-0.4, -0.2) is 50.6 Å². The van der Waals surface area contributed by atoms with Crippen LogP contribution in [0.3, 0.4) is 0 Å². The van der Waals surface area contributed by atoms with Gasteiger partial charge in [-0.25, -0.2) is 4.39 Å². The number of carbonyl (C=O) groups is 1. The van der Waals surface area contributed by atoms with Crippen LogP contribution in [-0.2, 0) is 4.79 Å². The molecule has 1 saturated heterocycles.